The second-order valence-corrected chi connectivity index (χ2v) is 6.57. The van der Waals surface area contributed by atoms with Crippen molar-refractivity contribution in [3.05, 3.63) is 35.6 Å². The minimum Gasteiger partial charge on any atom is -0.357 e. The van der Waals surface area contributed by atoms with Gasteiger partial charge in [0, 0.05) is 31.6 Å². The fourth-order valence-corrected chi connectivity index (χ4v) is 1.95. The summed E-state index contributed by atoms with van der Waals surface area (Å²) in [6.07, 6.45) is 0.676. The molecule has 0 spiro atoms. The fourth-order valence-electron chi connectivity index (χ4n) is 1.95. The molecule has 0 bridgehead atoms. The van der Waals surface area contributed by atoms with Gasteiger partial charge >= 0.3 is 0 Å². The topological polar surface area (TPSA) is 65.5 Å². The fraction of sp³-hybridized carbons (Fsp3) is 0.556. The maximum absolute atomic E-state index is 13.1. The Morgan fingerprint density at radius 2 is 1.84 bits per heavy atom. The number of hydrogen-bond donors (Lipinski definition) is 3. The molecule has 0 atom stereocenters. The van der Waals surface area contributed by atoms with Crippen molar-refractivity contribution in [3.8, 4) is 0 Å². The number of benzene rings is 1. The Balaban J connectivity index is 0.00000576. The lowest BCUT2D eigenvalue weighted by Gasteiger charge is -2.18. The molecule has 0 aromatic heterocycles. The largest absolute Gasteiger partial charge is 0.357 e. The van der Waals surface area contributed by atoms with Gasteiger partial charge in [0.05, 0.1) is 0 Å². The van der Waals surface area contributed by atoms with Gasteiger partial charge in [0.25, 0.3) is 0 Å². The second-order valence-electron chi connectivity index (χ2n) is 6.57. The Bertz CT molecular complexity index is 558. The predicted molar refractivity (Wildman–Crippen MR) is 112 cm³/mol. The number of hydrogen-bond acceptors (Lipinski definition) is 2. The Hall–Kier alpha value is -1.38. The van der Waals surface area contributed by atoms with Gasteiger partial charge in [-0.25, -0.2) is 4.39 Å². The molecule has 0 fully saturated rings. The monoisotopic (exact) mass is 464 g/mol. The first-order chi connectivity index (χ1) is 11.3. The molecule has 142 valence electrons. The quantitative estimate of drug-likeness (QED) is 0.252. The molecule has 25 heavy (non-hydrogen) atoms. The molecule has 0 radical (unpaired) electrons. The van der Waals surface area contributed by atoms with E-state index in [9.17, 15) is 9.18 Å². The van der Waals surface area contributed by atoms with Crippen LogP contribution in [0.3, 0.4) is 0 Å². The maximum atomic E-state index is 13.1. The van der Waals surface area contributed by atoms with Crippen LogP contribution in [0.25, 0.3) is 0 Å². The molecule has 0 saturated heterocycles. The van der Waals surface area contributed by atoms with Crippen LogP contribution in [-0.2, 0) is 11.2 Å². The van der Waals surface area contributed by atoms with E-state index < -0.39 is 0 Å². The molecule has 0 aliphatic rings. The van der Waals surface area contributed by atoms with Crippen LogP contribution in [0.2, 0.25) is 0 Å². The minimum absolute atomic E-state index is 0. The maximum Gasteiger partial charge on any atom is 0.225 e. The number of guanidine groups is 1. The smallest absolute Gasteiger partial charge is 0.225 e. The lowest BCUT2D eigenvalue weighted by Crippen LogP contribution is -2.43. The molecule has 7 heteroatoms. The van der Waals surface area contributed by atoms with Crippen LogP contribution in [0.5, 0.6) is 0 Å². The van der Waals surface area contributed by atoms with Crippen molar-refractivity contribution >= 4 is 35.8 Å². The van der Waals surface area contributed by atoms with E-state index in [1.807, 2.05) is 33.8 Å². The summed E-state index contributed by atoms with van der Waals surface area (Å²) in [4.78, 5) is 16.2. The Morgan fingerprint density at radius 1 is 1.16 bits per heavy atom. The Labute approximate surface area is 167 Å². The van der Waals surface area contributed by atoms with Crippen molar-refractivity contribution in [1.29, 1.82) is 0 Å². The number of rotatable bonds is 7. The molecule has 1 rings (SSSR count). The Kier molecular flexibility index (Phi) is 11.4. The predicted octanol–water partition coefficient (Wildman–Crippen LogP) is 2.70. The van der Waals surface area contributed by atoms with Crippen LogP contribution in [0.15, 0.2) is 29.3 Å². The molecule has 0 saturated carbocycles. The van der Waals surface area contributed by atoms with Crippen LogP contribution < -0.4 is 16.0 Å². The number of nitrogens with zero attached hydrogens (tertiary/aromatic N) is 1. The van der Waals surface area contributed by atoms with Gasteiger partial charge in [0.2, 0.25) is 5.91 Å². The molecule has 5 nitrogen and oxygen atoms in total. The average molecular weight is 464 g/mol. The summed E-state index contributed by atoms with van der Waals surface area (Å²) in [7, 11) is 0. The SMILES string of the molecule is CCNC(=NCCc1cccc(F)c1)NCCNC(=O)C(C)(C)C.I. The summed E-state index contributed by atoms with van der Waals surface area (Å²) in [5.41, 5.74) is 0.538. The van der Waals surface area contributed by atoms with E-state index in [1.54, 1.807) is 6.07 Å². The third-order valence-electron chi connectivity index (χ3n) is 3.29. The number of aliphatic imine (C=N–C) groups is 1. The molecule has 1 aromatic carbocycles. The second kappa shape index (κ2) is 12.1. The minimum atomic E-state index is -0.385. The van der Waals surface area contributed by atoms with E-state index in [4.69, 9.17) is 0 Å². The van der Waals surface area contributed by atoms with Crippen molar-refractivity contribution in [3.63, 3.8) is 0 Å². The molecular formula is C18H30FIN4O. The van der Waals surface area contributed by atoms with Crippen molar-refractivity contribution in [2.24, 2.45) is 10.4 Å². The average Bonchev–Trinajstić information content (AvgIpc) is 2.50. The number of carbonyl (C=O) groups is 1. The number of carbonyl (C=O) groups excluding carboxylic acids is 1. The van der Waals surface area contributed by atoms with Crippen molar-refractivity contribution in [1.82, 2.24) is 16.0 Å². The highest BCUT2D eigenvalue weighted by Crippen LogP contribution is 2.11. The first kappa shape index (κ1) is 23.6. The van der Waals surface area contributed by atoms with Gasteiger partial charge in [0.15, 0.2) is 5.96 Å². The summed E-state index contributed by atoms with van der Waals surface area (Å²) in [5, 5.41) is 9.21. The standard InChI is InChI=1S/C18H29FN4O.HI/c1-5-20-17(23-12-11-21-16(24)18(2,3)4)22-10-9-14-7-6-8-15(19)13-14;/h6-8,13H,5,9-12H2,1-4H3,(H,21,24)(H2,20,22,23);1H. The summed E-state index contributed by atoms with van der Waals surface area (Å²) in [6, 6.07) is 6.55. The van der Waals surface area contributed by atoms with Crippen molar-refractivity contribution < 1.29 is 9.18 Å². The third kappa shape index (κ3) is 10.3. The highest BCUT2D eigenvalue weighted by molar-refractivity contribution is 14.0. The molecule has 0 aliphatic carbocycles. The normalized spacial score (nSPS) is 11.5. The molecular weight excluding hydrogens is 434 g/mol. The van der Waals surface area contributed by atoms with E-state index in [2.05, 4.69) is 20.9 Å². The van der Waals surface area contributed by atoms with Crippen LogP contribution >= 0.6 is 24.0 Å². The van der Waals surface area contributed by atoms with Crippen molar-refractivity contribution in [2.45, 2.75) is 34.1 Å². The van der Waals surface area contributed by atoms with Gasteiger partial charge in [-0.15, -0.1) is 24.0 Å². The van der Waals surface area contributed by atoms with Gasteiger partial charge in [-0.3, -0.25) is 9.79 Å². The summed E-state index contributed by atoms with van der Waals surface area (Å²) in [6.45, 7) is 10.1. The Morgan fingerprint density at radius 3 is 2.44 bits per heavy atom. The van der Waals surface area contributed by atoms with Gasteiger partial charge in [-0.2, -0.15) is 0 Å². The summed E-state index contributed by atoms with van der Waals surface area (Å²) in [5.74, 6) is 0.493. The molecule has 1 amide bonds. The number of amides is 1. The van der Waals surface area contributed by atoms with E-state index in [-0.39, 0.29) is 41.1 Å². The van der Waals surface area contributed by atoms with E-state index >= 15 is 0 Å². The molecule has 0 unspecified atom stereocenters. The highest BCUT2D eigenvalue weighted by Gasteiger charge is 2.20. The van der Waals surface area contributed by atoms with Gasteiger partial charge in [0.1, 0.15) is 5.82 Å². The van der Waals surface area contributed by atoms with Crippen LogP contribution in [0, 0.1) is 11.2 Å². The molecule has 3 N–H and O–H groups in total. The van der Waals surface area contributed by atoms with Gasteiger partial charge in [-0.1, -0.05) is 32.9 Å². The highest BCUT2D eigenvalue weighted by atomic mass is 127. The zero-order valence-electron chi connectivity index (χ0n) is 15.5. The van der Waals surface area contributed by atoms with Crippen molar-refractivity contribution in [2.75, 3.05) is 26.2 Å². The number of halogens is 2. The van der Waals surface area contributed by atoms with E-state index in [0.717, 1.165) is 12.1 Å². The van der Waals surface area contributed by atoms with Gasteiger partial charge < -0.3 is 16.0 Å². The zero-order chi connectivity index (χ0) is 18.0. The first-order valence-corrected chi connectivity index (χ1v) is 8.38. The first-order valence-electron chi connectivity index (χ1n) is 8.38. The number of nitrogens with one attached hydrogen (secondary N) is 3. The van der Waals surface area contributed by atoms with E-state index in [0.29, 0.717) is 32.0 Å². The lowest BCUT2D eigenvalue weighted by atomic mass is 9.96. The van der Waals surface area contributed by atoms with Gasteiger partial charge in [-0.05, 0) is 31.0 Å². The zero-order valence-corrected chi connectivity index (χ0v) is 17.8. The third-order valence-corrected chi connectivity index (χ3v) is 3.29. The van der Waals surface area contributed by atoms with Crippen LogP contribution in [0.1, 0.15) is 33.3 Å². The summed E-state index contributed by atoms with van der Waals surface area (Å²) < 4.78 is 13.1. The lowest BCUT2D eigenvalue weighted by molar-refractivity contribution is -0.128. The van der Waals surface area contributed by atoms with E-state index in [1.165, 1.54) is 12.1 Å². The summed E-state index contributed by atoms with van der Waals surface area (Å²) >= 11 is 0. The molecule has 0 heterocycles. The van der Waals surface area contributed by atoms with Crippen LogP contribution in [0.4, 0.5) is 4.39 Å². The van der Waals surface area contributed by atoms with Crippen LogP contribution in [-0.4, -0.2) is 38.0 Å². The molecule has 0 aliphatic heterocycles. The molecule has 1 aromatic rings.